The van der Waals surface area contributed by atoms with Crippen molar-refractivity contribution in [1.29, 1.82) is 0 Å². The zero-order valence-electron chi connectivity index (χ0n) is 15.9. The molecule has 1 fully saturated rings. The van der Waals surface area contributed by atoms with Crippen LogP contribution in [0.2, 0.25) is 0 Å². The maximum absolute atomic E-state index is 12.8. The molecule has 0 radical (unpaired) electrons. The van der Waals surface area contributed by atoms with Crippen LogP contribution in [0.1, 0.15) is 31.7 Å². The van der Waals surface area contributed by atoms with Crippen molar-refractivity contribution in [3.63, 3.8) is 0 Å². The highest BCUT2D eigenvalue weighted by molar-refractivity contribution is 7.92. The topological polar surface area (TPSA) is 78.5 Å². The van der Waals surface area contributed by atoms with E-state index in [1.807, 2.05) is 17.9 Å². The van der Waals surface area contributed by atoms with Gasteiger partial charge in [0.25, 0.3) is 10.0 Å². The van der Waals surface area contributed by atoms with Crippen molar-refractivity contribution in [3.05, 3.63) is 48.0 Å². The van der Waals surface area contributed by atoms with Crippen LogP contribution >= 0.6 is 0 Å². The highest BCUT2D eigenvalue weighted by Crippen LogP contribution is 2.37. The first-order valence-electron chi connectivity index (χ1n) is 9.79. The van der Waals surface area contributed by atoms with Crippen molar-refractivity contribution in [1.82, 2.24) is 0 Å². The predicted octanol–water partition coefficient (Wildman–Crippen LogP) is 3.61. The van der Waals surface area contributed by atoms with E-state index in [4.69, 9.17) is 0 Å². The van der Waals surface area contributed by atoms with Gasteiger partial charge in [0.1, 0.15) is 0 Å². The summed E-state index contributed by atoms with van der Waals surface area (Å²) >= 11 is 0. The molecule has 0 spiro atoms. The fraction of sp³-hybridized carbons (Fsp3) is 0.381. The lowest BCUT2D eigenvalue weighted by molar-refractivity contribution is -0.119. The molecule has 2 aromatic rings. The van der Waals surface area contributed by atoms with Gasteiger partial charge in [0.15, 0.2) is 0 Å². The number of nitrogens with one attached hydrogen (secondary N) is 2. The van der Waals surface area contributed by atoms with Gasteiger partial charge in [-0.1, -0.05) is 6.07 Å². The Morgan fingerprint density at radius 1 is 1.11 bits per heavy atom. The van der Waals surface area contributed by atoms with Crippen molar-refractivity contribution < 1.29 is 13.2 Å². The van der Waals surface area contributed by atoms with E-state index in [1.165, 1.54) is 0 Å². The molecule has 4 rings (SSSR count). The van der Waals surface area contributed by atoms with E-state index < -0.39 is 10.0 Å². The second-order valence-corrected chi connectivity index (χ2v) is 9.05. The molecule has 6 nitrogen and oxygen atoms in total. The Kier molecular flexibility index (Phi) is 5.02. The van der Waals surface area contributed by atoms with E-state index in [9.17, 15) is 13.2 Å². The van der Waals surface area contributed by atoms with Crippen molar-refractivity contribution in [2.24, 2.45) is 5.92 Å². The first kappa shape index (κ1) is 18.8. The summed E-state index contributed by atoms with van der Waals surface area (Å²) in [4.78, 5) is 14.6. The molecule has 1 heterocycles. The van der Waals surface area contributed by atoms with Crippen LogP contribution < -0.4 is 14.9 Å². The van der Waals surface area contributed by atoms with Gasteiger partial charge in [0.05, 0.1) is 10.6 Å². The molecule has 2 aromatic carbocycles. The molecule has 0 aromatic heterocycles. The fourth-order valence-electron chi connectivity index (χ4n) is 3.59. The van der Waals surface area contributed by atoms with Crippen LogP contribution in [0.15, 0.2) is 47.4 Å². The zero-order valence-corrected chi connectivity index (χ0v) is 16.8. The molecule has 1 aliphatic heterocycles. The lowest BCUT2D eigenvalue weighted by Crippen LogP contribution is -2.36. The molecule has 1 amide bonds. The van der Waals surface area contributed by atoms with Crippen molar-refractivity contribution in [3.8, 4) is 0 Å². The lowest BCUT2D eigenvalue weighted by atomic mass is 10.0. The molecule has 28 heavy (non-hydrogen) atoms. The summed E-state index contributed by atoms with van der Waals surface area (Å²) in [5.41, 5.74) is 3.29. The van der Waals surface area contributed by atoms with Crippen LogP contribution in [0.25, 0.3) is 0 Å². The minimum atomic E-state index is -3.69. The van der Waals surface area contributed by atoms with Crippen molar-refractivity contribution in [2.75, 3.05) is 28.0 Å². The van der Waals surface area contributed by atoms with E-state index in [0.29, 0.717) is 12.2 Å². The molecule has 0 unspecified atom stereocenters. The first-order valence-corrected chi connectivity index (χ1v) is 11.3. The Balaban J connectivity index is 1.57. The fourth-order valence-corrected chi connectivity index (χ4v) is 4.64. The molecule has 0 atom stereocenters. The Morgan fingerprint density at radius 3 is 2.50 bits per heavy atom. The Bertz CT molecular complexity index is 982. The molecule has 148 valence electrons. The molecular weight excluding hydrogens is 374 g/mol. The van der Waals surface area contributed by atoms with Crippen molar-refractivity contribution in [2.45, 2.75) is 37.5 Å². The van der Waals surface area contributed by atoms with Gasteiger partial charge in [-0.15, -0.1) is 0 Å². The molecule has 2 aliphatic rings. The van der Waals surface area contributed by atoms with E-state index in [0.717, 1.165) is 49.2 Å². The van der Waals surface area contributed by atoms with Gasteiger partial charge in [-0.2, -0.15) is 0 Å². The Hall–Kier alpha value is -2.54. The highest BCUT2D eigenvalue weighted by Gasteiger charge is 2.35. The van der Waals surface area contributed by atoms with Gasteiger partial charge in [0, 0.05) is 30.4 Å². The normalized spacial score (nSPS) is 16.4. The van der Waals surface area contributed by atoms with Gasteiger partial charge in [-0.25, -0.2) is 8.42 Å². The number of hydrogen-bond donors (Lipinski definition) is 2. The number of aryl methyl sites for hydroxylation is 1. The third-order valence-corrected chi connectivity index (χ3v) is 6.59. The van der Waals surface area contributed by atoms with E-state index >= 15 is 0 Å². The first-order chi connectivity index (χ1) is 13.5. The lowest BCUT2D eigenvalue weighted by Gasteiger charge is -2.30. The van der Waals surface area contributed by atoms with E-state index in [1.54, 1.807) is 36.4 Å². The molecular formula is C21H25N3O3S. The zero-order chi connectivity index (χ0) is 19.7. The monoisotopic (exact) mass is 399 g/mol. The number of sulfonamides is 1. The average molecular weight is 400 g/mol. The largest absolute Gasteiger partial charge is 0.385 e. The number of hydrogen-bond acceptors (Lipinski definition) is 4. The highest BCUT2D eigenvalue weighted by atomic mass is 32.2. The van der Waals surface area contributed by atoms with Gasteiger partial charge in [-0.05, 0) is 74.6 Å². The summed E-state index contributed by atoms with van der Waals surface area (Å²) in [5, 5.41) is 3.15. The number of carbonyl (C=O) groups is 1. The maximum Gasteiger partial charge on any atom is 0.261 e. The second-order valence-electron chi connectivity index (χ2n) is 7.37. The minimum absolute atomic E-state index is 0.140. The summed E-state index contributed by atoms with van der Waals surface area (Å²) in [6.45, 7) is 3.46. The third-order valence-electron chi connectivity index (χ3n) is 5.19. The predicted molar refractivity (Wildman–Crippen MR) is 111 cm³/mol. The Labute approximate surface area is 166 Å². The van der Waals surface area contributed by atoms with Gasteiger partial charge in [0.2, 0.25) is 5.91 Å². The number of benzene rings is 2. The standard InChI is InChI=1S/C21H25N3O3S/c1-2-22-17-9-11-19(12-10-17)28(26,27)23-18-8-7-15-4-3-13-24(20(15)14-18)21(25)16-5-6-16/h7-12,14,16,22-23H,2-6,13H2,1H3. The molecule has 1 saturated carbocycles. The molecule has 1 aliphatic carbocycles. The van der Waals surface area contributed by atoms with Crippen LogP contribution in [-0.4, -0.2) is 27.4 Å². The van der Waals surface area contributed by atoms with Gasteiger partial charge in [-0.3, -0.25) is 9.52 Å². The van der Waals surface area contributed by atoms with Gasteiger partial charge >= 0.3 is 0 Å². The third kappa shape index (κ3) is 3.85. The number of fused-ring (bicyclic) bond motifs is 1. The minimum Gasteiger partial charge on any atom is -0.385 e. The van der Waals surface area contributed by atoms with Gasteiger partial charge < -0.3 is 10.2 Å². The molecule has 2 N–H and O–H groups in total. The average Bonchev–Trinajstić information content (AvgIpc) is 3.53. The summed E-state index contributed by atoms with van der Waals surface area (Å²) in [5.74, 6) is 0.307. The quantitative estimate of drug-likeness (QED) is 0.778. The molecule has 0 saturated heterocycles. The summed E-state index contributed by atoms with van der Waals surface area (Å²) in [6.07, 6.45) is 3.76. The van der Waals surface area contributed by atoms with Crippen LogP contribution in [-0.2, 0) is 21.2 Å². The number of anilines is 3. The van der Waals surface area contributed by atoms with Crippen LogP contribution in [0, 0.1) is 5.92 Å². The SMILES string of the molecule is CCNc1ccc(S(=O)(=O)Nc2ccc3c(c2)N(C(=O)C2CC2)CCC3)cc1. The smallest absolute Gasteiger partial charge is 0.261 e. The number of carbonyl (C=O) groups excluding carboxylic acids is 1. The van der Waals surface area contributed by atoms with Crippen LogP contribution in [0.3, 0.4) is 0 Å². The van der Waals surface area contributed by atoms with Crippen LogP contribution in [0.5, 0.6) is 0 Å². The Morgan fingerprint density at radius 2 is 1.82 bits per heavy atom. The molecule has 0 bridgehead atoms. The summed E-state index contributed by atoms with van der Waals surface area (Å²) in [7, 11) is -3.69. The number of rotatable bonds is 6. The maximum atomic E-state index is 12.8. The summed E-state index contributed by atoms with van der Waals surface area (Å²) < 4.78 is 28.2. The van der Waals surface area contributed by atoms with E-state index in [-0.39, 0.29) is 16.7 Å². The van der Waals surface area contributed by atoms with E-state index in [2.05, 4.69) is 10.0 Å². The summed E-state index contributed by atoms with van der Waals surface area (Å²) in [6, 6.07) is 12.2. The second kappa shape index (κ2) is 7.47. The number of nitrogens with zero attached hydrogens (tertiary/aromatic N) is 1. The van der Waals surface area contributed by atoms with Crippen molar-refractivity contribution >= 4 is 33.0 Å². The number of amides is 1. The van der Waals surface area contributed by atoms with Crippen LogP contribution in [0.4, 0.5) is 17.1 Å². The molecule has 7 heteroatoms.